The van der Waals surface area contributed by atoms with E-state index in [9.17, 15) is 19.2 Å². The summed E-state index contributed by atoms with van der Waals surface area (Å²) in [4.78, 5) is 27.8. The van der Waals surface area contributed by atoms with Crippen molar-refractivity contribution in [2.24, 2.45) is 0 Å². The smallest absolute Gasteiger partial charge is 0.269 e. The number of amides is 2. The second-order valence-electron chi connectivity index (χ2n) is 7.34. The molecule has 0 bridgehead atoms. The first-order valence-electron chi connectivity index (χ1n) is 10.1. The Morgan fingerprint density at radius 2 is 1.74 bits per heavy atom. The van der Waals surface area contributed by atoms with Gasteiger partial charge in [-0.15, -0.1) is 0 Å². The largest absolute Gasteiger partial charge is 0.321 e. The van der Waals surface area contributed by atoms with Crippen molar-refractivity contribution in [3.8, 4) is 6.07 Å². The highest BCUT2D eigenvalue weighted by atomic mass is 79.9. The first-order chi connectivity index (χ1) is 16.4. The van der Waals surface area contributed by atoms with Gasteiger partial charge in [-0.2, -0.15) is 5.26 Å². The van der Waals surface area contributed by atoms with Crippen LogP contribution in [-0.4, -0.2) is 17.1 Å². The number of halogens is 3. The lowest BCUT2D eigenvalue weighted by Crippen LogP contribution is -2.30. The standard InChI is InChI=1S/C25H16BrClFN3O2S/c26-16-3-1-15(2-4-16)13-22-24(33)31(20-11-5-17(27)6-12-20)25(34-22)21(14-29)23(32)30-19-9-7-18(28)8-10-19/h1-12,22H,13H2,(H,30,32)/b25-21+/t22-/m0/s1. The fourth-order valence-electron chi connectivity index (χ4n) is 3.37. The van der Waals surface area contributed by atoms with Crippen LogP contribution in [0.3, 0.4) is 0 Å². The Hall–Kier alpha value is -3.12. The molecule has 0 radical (unpaired) electrons. The van der Waals surface area contributed by atoms with Gasteiger partial charge in [-0.25, -0.2) is 4.39 Å². The summed E-state index contributed by atoms with van der Waals surface area (Å²) in [5.41, 5.74) is 1.56. The lowest BCUT2D eigenvalue weighted by atomic mass is 10.1. The van der Waals surface area contributed by atoms with Crippen molar-refractivity contribution < 1.29 is 14.0 Å². The van der Waals surface area contributed by atoms with E-state index in [4.69, 9.17) is 11.6 Å². The number of benzene rings is 3. The molecule has 1 fully saturated rings. The van der Waals surface area contributed by atoms with Crippen LogP contribution in [0.5, 0.6) is 0 Å². The van der Waals surface area contributed by atoms with E-state index >= 15 is 0 Å². The molecule has 1 N–H and O–H groups in total. The molecule has 1 aliphatic rings. The number of nitrogens with one attached hydrogen (secondary N) is 1. The van der Waals surface area contributed by atoms with Gasteiger partial charge in [-0.3, -0.25) is 14.5 Å². The van der Waals surface area contributed by atoms with E-state index in [-0.39, 0.29) is 16.5 Å². The molecular weight excluding hydrogens is 541 g/mol. The molecule has 4 rings (SSSR count). The summed E-state index contributed by atoms with van der Waals surface area (Å²) in [6.07, 6.45) is 0.419. The number of nitriles is 1. The van der Waals surface area contributed by atoms with Crippen molar-refractivity contribution in [1.82, 2.24) is 0 Å². The van der Waals surface area contributed by atoms with E-state index in [1.807, 2.05) is 30.3 Å². The topological polar surface area (TPSA) is 73.2 Å². The van der Waals surface area contributed by atoms with Gasteiger partial charge in [0.1, 0.15) is 22.5 Å². The highest BCUT2D eigenvalue weighted by Gasteiger charge is 2.40. The van der Waals surface area contributed by atoms with E-state index in [2.05, 4.69) is 21.2 Å². The monoisotopic (exact) mass is 555 g/mol. The minimum atomic E-state index is -0.687. The van der Waals surface area contributed by atoms with Crippen LogP contribution < -0.4 is 10.2 Å². The fourth-order valence-corrected chi connectivity index (χ4v) is 5.07. The van der Waals surface area contributed by atoms with E-state index in [1.165, 1.54) is 40.9 Å². The average molecular weight is 557 g/mol. The van der Waals surface area contributed by atoms with Crippen LogP contribution in [0.4, 0.5) is 15.8 Å². The van der Waals surface area contributed by atoms with Crippen LogP contribution in [-0.2, 0) is 16.0 Å². The number of hydrogen-bond donors (Lipinski definition) is 1. The van der Waals surface area contributed by atoms with Crippen molar-refractivity contribution >= 4 is 62.5 Å². The van der Waals surface area contributed by atoms with Crippen molar-refractivity contribution in [3.05, 3.63) is 104 Å². The average Bonchev–Trinajstić information content (AvgIpc) is 3.13. The Kier molecular flexibility index (Phi) is 7.37. The molecule has 0 aliphatic carbocycles. The number of hydrogen-bond acceptors (Lipinski definition) is 4. The van der Waals surface area contributed by atoms with Crippen LogP contribution in [0.15, 0.2) is 87.9 Å². The van der Waals surface area contributed by atoms with Gasteiger partial charge in [-0.1, -0.05) is 51.4 Å². The van der Waals surface area contributed by atoms with E-state index in [0.29, 0.717) is 22.8 Å². The Morgan fingerprint density at radius 1 is 1.09 bits per heavy atom. The summed E-state index contributed by atoms with van der Waals surface area (Å²) < 4.78 is 14.1. The number of thioether (sulfide) groups is 1. The van der Waals surface area contributed by atoms with Crippen LogP contribution in [0, 0.1) is 17.1 Å². The summed E-state index contributed by atoms with van der Waals surface area (Å²) in [6, 6.07) is 21.4. The molecule has 1 aliphatic heterocycles. The minimum absolute atomic E-state index is 0.212. The van der Waals surface area contributed by atoms with Crippen molar-refractivity contribution in [1.29, 1.82) is 5.26 Å². The molecule has 3 aromatic carbocycles. The molecular formula is C25H16BrClFN3O2S. The summed E-state index contributed by atoms with van der Waals surface area (Å²) >= 11 is 10.6. The van der Waals surface area contributed by atoms with Crippen LogP contribution in [0.1, 0.15) is 5.56 Å². The number of carbonyl (C=O) groups excluding carboxylic acids is 2. The highest BCUT2D eigenvalue weighted by molar-refractivity contribution is 9.10. The Bertz CT molecular complexity index is 1310. The molecule has 1 saturated heterocycles. The number of rotatable bonds is 5. The molecule has 3 aromatic rings. The second kappa shape index (κ2) is 10.4. The van der Waals surface area contributed by atoms with Gasteiger partial charge < -0.3 is 5.32 Å². The minimum Gasteiger partial charge on any atom is -0.321 e. The van der Waals surface area contributed by atoms with Gasteiger partial charge >= 0.3 is 0 Å². The lowest BCUT2D eigenvalue weighted by molar-refractivity contribution is -0.117. The zero-order chi connectivity index (χ0) is 24.2. The normalized spacial score (nSPS) is 16.8. The molecule has 1 heterocycles. The lowest BCUT2D eigenvalue weighted by Gasteiger charge is -2.19. The molecule has 2 amide bonds. The third-order valence-corrected chi connectivity index (χ3v) is 7.07. The Morgan fingerprint density at radius 3 is 2.35 bits per heavy atom. The molecule has 170 valence electrons. The van der Waals surface area contributed by atoms with Gasteiger partial charge in [0.2, 0.25) is 5.91 Å². The zero-order valence-electron chi connectivity index (χ0n) is 17.5. The first-order valence-corrected chi connectivity index (χ1v) is 12.1. The van der Waals surface area contributed by atoms with Crippen molar-refractivity contribution in [2.75, 3.05) is 10.2 Å². The zero-order valence-corrected chi connectivity index (χ0v) is 20.6. The molecule has 9 heteroatoms. The maximum Gasteiger partial charge on any atom is 0.269 e. The highest BCUT2D eigenvalue weighted by Crippen LogP contribution is 2.42. The molecule has 5 nitrogen and oxygen atoms in total. The summed E-state index contributed by atoms with van der Waals surface area (Å²) in [5.74, 6) is -1.38. The van der Waals surface area contributed by atoms with Gasteiger partial charge in [0.05, 0.1) is 5.25 Å². The maximum atomic E-state index is 13.5. The Labute approximate surface area is 213 Å². The fraction of sp³-hybridized carbons (Fsp3) is 0.0800. The van der Waals surface area contributed by atoms with Gasteiger partial charge in [0.25, 0.3) is 5.91 Å². The van der Waals surface area contributed by atoms with E-state index in [1.54, 1.807) is 24.3 Å². The number of anilines is 2. The molecule has 0 saturated carbocycles. The molecule has 0 spiro atoms. The SMILES string of the molecule is N#C/C(C(=O)Nc1ccc(F)cc1)=C1\S[C@@H](Cc2ccc(Br)cc2)C(=O)N1c1ccc(Cl)cc1. The quantitative estimate of drug-likeness (QED) is 0.295. The summed E-state index contributed by atoms with van der Waals surface area (Å²) in [7, 11) is 0. The van der Waals surface area contributed by atoms with Crippen LogP contribution in [0.2, 0.25) is 5.02 Å². The predicted molar refractivity (Wildman–Crippen MR) is 136 cm³/mol. The Balaban J connectivity index is 1.71. The summed E-state index contributed by atoms with van der Waals surface area (Å²) in [6.45, 7) is 0. The third kappa shape index (κ3) is 5.33. The van der Waals surface area contributed by atoms with Gasteiger partial charge in [0.15, 0.2) is 0 Å². The first kappa shape index (κ1) is 24.0. The van der Waals surface area contributed by atoms with Gasteiger partial charge in [-0.05, 0) is 72.6 Å². The molecule has 1 atom stereocenters. The number of carbonyl (C=O) groups is 2. The predicted octanol–water partition coefficient (Wildman–Crippen LogP) is 6.31. The summed E-state index contributed by atoms with van der Waals surface area (Å²) in [5, 5.41) is 12.7. The van der Waals surface area contributed by atoms with Crippen LogP contribution in [0.25, 0.3) is 0 Å². The van der Waals surface area contributed by atoms with E-state index in [0.717, 1.165) is 10.0 Å². The second-order valence-corrected chi connectivity index (χ2v) is 9.88. The molecule has 34 heavy (non-hydrogen) atoms. The van der Waals surface area contributed by atoms with Gasteiger partial charge in [0, 0.05) is 20.9 Å². The number of nitrogens with zero attached hydrogens (tertiary/aromatic N) is 2. The third-order valence-electron chi connectivity index (χ3n) is 5.03. The molecule has 0 unspecified atom stereocenters. The maximum absolute atomic E-state index is 13.5. The van der Waals surface area contributed by atoms with Crippen LogP contribution >= 0.6 is 39.3 Å². The van der Waals surface area contributed by atoms with Crippen molar-refractivity contribution in [3.63, 3.8) is 0 Å². The van der Waals surface area contributed by atoms with E-state index < -0.39 is 17.0 Å². The molecule has 0 aromatic heterocycles. The van der Waals surface area contributed by atoms with Crippen molar-refractivity contribution in [2.45, 2.75) is 11.7 Å².